The Kier molecular flexibility index (Phi) is 5.85. The molecule has 0 unspecified atom stereocenters. The molecule has 0 aliphatic heterocycles. The fraction of sp³-hybridized carbons (Fsp3) is 0.263. The summed E-state index contributed by atoms with van der Waals surface area (Å²) in [6.07, 6.45) is 0.126. The van der Waals surface area contributed by atoms with E-state index in [0.717, 1.165) is 11.1 Å². The van der Waals surface area contributed by atoms with E-state index in [1.165, 1.54) is 6.07 Å². The molecule has 0 fully saturated rings. The Hall–Kier alpha value is -3.20. The van der Waals surface area contributed by atoms with E-state index < -0.39 is 5.97 Å². The predicted octanol–water partition coefficient (Wildman–Crippen LogP) is 3.00. The van der Waals surface area contributed by atoms with Crippen LogP contribution in [0.25, 0.3) is 11.3 Å². The predicted molar refractivity (Wildman–Crippen MR) is 91.0 cm³/mol. The van der Waals surface area contributed by atoms with Crippen LogP contribution in [0.5, 0.6) is 5.75 Å². The van der Waals surface area contributed by atoms with E-state index in [9.17, 15) is 14.7 Å². The van der Waals surface area contributed by atoms with Crippen molar-refractivity contribution in [3.05, 3.63) is 47.2 Å². The van der Waals surface area contributed by atoms with Crippen LogP contribution in [0, 0.1) is 18.3 Å². The molecule has 2 N–H and O–H groups in total. The summed E-state index contributed by atoms with van der Waals surface area (Å²) in [7, 11) is 0. The minimum absolute atomic E-state index is 0.0103. The van der Waals surface area contributed by atoms with Crippen LogP contribution in [-0.2, 0) is 16.0 Å². The maximum atomic E-state index is 11.7. The van der Waals surface area contributed by atoms with Crippen molar-refractivity contribution in [2.75, 3.05) is 0 Å². The van der Waals surface area contributed by atoms with Crippen molar-refractivity contribution in [3.63, 3.8) is 0 Å². The number of nitriles is 1. The van der Waals surface area contributed by atoms with Gasteiger partial charge >= 0.3 is 5.97 Å². The van der Waals surface area contributed by atoms with Crippen molar-refractivity contribution in [2.24, 2.45) is 0 Å². The lowest BCUT2D eigenvalue weighted by Gasteiger charge is -2.09. The number of aromatic hydroxyl groups is 1. The SMILES string of the molecule is Cc1ccc(C#N)cc1-c1ccc(O)c(CCC(=O)CCC(=O)O)n1. The van der Waals surface area contributed by atoms with Gasteiger partial charge < -0.3 is 10.2 Å². The Morgan fingerprint density at radius 3 is 2.60 bits per heavy atom. The normalized spacial score (nSPS) is 10.2. The number of benzene rings is 1. The molecule has 6 heteroatoms. The second kappa shape index (κ2) is 8.06. The second-order valence-corrected chi connectivity index (χ2v) is 5.74. The third-order valence-electron chi connectivity index (χ3n) is 3.85. The van der Waals surface area contributed by atoms with Gasteiger partial charge in [0.05, 0.1) is 29.4 Å². The minimum atomic E-state index is -1.01. The Balaban J connectivity index is 2.19. The topological polar surface area (TPSA) is 111 Å². The molecule has 25 heavy (non-hydrogen) atoms. The van der Waals surface area contributed by atoms with Gasteiger partial charge in [-0.2, -0.15) is 5.26 Å². The first-order valence-electron chi connectivity index (χ1n) is 7.84. The first kappa shape index (κ1) is 18.1. The Morgan fingerprint density at radius 2 is 1.92 bits per heavy atom. The number of carbonyl (C=O) groups excluding carboxylic acids is 1. The molecule has 1 heterocycles. The highest BCUT2D eigenvalue weighted by Gasteiger charge is 2.12. The van der Waals surface area contributed by atoms with Gasteiger partial charge in [-0.25, -0.2) is 4.98 Å². The number of aromatic nitrogens is 1. The standard InChI is InChI=1S/C19H18N2O4/c1-12-2-3-13(11-20)10-15(12)16-7-8-18(23)17(21-16)6-4-14(22)5-9-19(24)25/h2-3,7-8,10,23H,4-6,9H2,1H3,(H,24,25). The number of carboxylic acids is 1. The number of carboxylic acid groups (broad SMARTS) is 1. The molecule has 0 atom stereocenters. The largest absolute Gasteiger partial charge is 0.506 e. The Bertz CT molecular complexity index is 853. The van der Waals surface area contributed by atoms with Crippen LogP contribution in [0.3, 0.4) is 0 Å². The van der Waals surface area contributed by atoms with Gasteiger partial charge in [0.2, 0.25) is 0 Å². The first-order valence-corrected chi connectivity index (χ1v) is 7.84. The fourth-order valence-electron chi connectivity index (χ4n) is 2.42. The molecule has 0 saturated carbocycles. The second-order valence-electron chi connectivity index (χ2n) is 5.74. The van der Waals surface area contributed by atoms with Crippen LogP contribution in [0.2, 0.25) is 0 Å². The molecule has 0 aliphatic carbocycles. The van der Waals surface area contributed by atoms with Gasteiger partial charge in [0.25, 0.3) is 0 Å². The molecule has 0 bridgehead atoms. The van der Waals surface area contributed by atoms with Gasteiger partial charge in [0.15, 0.2) is 0 Å². The highest BCUT2D eigenvalue weighted by atomic mass is 16.4. The third kappa shape index (κ3) is 4.88. The van der Waals surface area contributed by atoms with E-state index in [4.69, 9.17) is 10.4 Å². The molecule has 2 rings (SSSR count). The molecular formula is C19H18N2O4. The van der Waals surface area contributed by atoms with Crippen molar-refractivity contribution >= 4 is 11.8 Å². The van der Waals surface area contributed by atoms with Crippen molar-refractivity contribution in [1.29, 1.82) is 5.26 Å². The number of aryl methyl sites for hydroxylation is 2. The number of Topliss-reactive ketones (excluding diaryl/α,β-unsaturated/α-hetero) is 1. The highest BCUT2D eigenvalue weighted by Crippen LogP contribution is 2.26. The molecule has 1 aromatic carbocycles. The molecule has 0 saturated heterocycles. The number of hydrogen-bond acceptors (Lipinski definition) is 5. The monoisotopic (exact) mass is 338 g/mol. The number of pyridine rings is 1. The van der Waals surface area contributed by atoms with Crippen LogP contribution in [0.4, 0.5) is 0 Å². The van der Waals surface area contributed by atoms with Gasteiger partial charge in [-0.3, -0.25) is 9.59 Å². The van der Waals surface area contributed by atoms with Crippen molar-refractivity contribution in [1.82, 2.24) is 4.98 Å². The van der Waals surface area contributed by atoms with Crippen molar-refractivity contribution < 1.29 is 19.8 Å². The zero-order valence-electron chi connectivity index (χ0n) is 13.8. The molecule has 1 aromatic heterocycles. The van der Waals surface area contributed by atoms with E-state index >= 15 is 0 Å². The van der Waals surface area contributed by atoms with Crippen LogP contribution in [0.1, 0.15) is 36.1 Å². The smallest absolute Gasteiger partial charge is 0.303 e. The number of ketones is 1. The van der Waals surface area contributed by atoms with Crippen molar-refractivity contribution in [3.8, 4) is 23.1 Å². The molecule has 2 aromatic rings. The number of carbonyl (C=O) groups is 2. The van der Waals surface area contributed by atoms with E-state index in [1.807, 2.05) is 13.0 Å². The maximum absolute atomic E-state index is 11.7. The Morgan fingerprint density at radius 1 is 1.16 bits per heavy atom. The highest BCUT2D eigenvalue weighted by molar-refractivity contribution is 5.82. The summed E-state index contributed by atoms with van der Waals surface area (Å²) >= 11 is 0. The van der Waals surface area contributed by atoms with E-state index in [1.54, 1.807) is 18.2 Å². The average Bonchev–Trinajstić information content (AvgIpc) is 2.59. The lowest BCUT2D eigenvalue weighted by atomic mass is 10.0. The van der Waals surface area contributed by atoms with E-state index in [2.05, 4.69) is 11.1 Å². The van der Waals surface area contributed by atoms with Gasteiger partial charge in [-0.15, -0.1) is 0 Å². The number of aliphatic carboxylic acids is 1. The average molecular weight is 338 g/mol. The quantitative estimate of drug-likeness (QED) is 0.802. The Labute approximate surface area is 145 Å². The van der Waals surface area contributed by atoms with Crippen LogP contribution < -0.4 is 0 Å². The summed E-state index contributed by atoms with van der Waals surface area (Å²) in [4.78, 5) is 26.6. The van der Waals surface area contributed by atoms with E-state index in [0.29, 0.717) is 17.0 Å². The van der Waals surface area contributed by atoms with Gasteiger partial charge in [-0.05, 0) is 36.8 Å². The molecule has 6 nitrogen and oxygen atoms in total. The zero-order chi connectivity index (χ0) is 18.4. The summed E-state index contributed by atoms with van der Waals surface area (Å²) < 4.78 is 0. The van der Waals surface area contributed by atoms with Gasteiger partial charge in [-0.1, -0.05) is 6.07 Å². The molecule has 0 spiro atoms. The molecule has 0 radical (unpaired) electrons. The summed E-state index contributed by atoms with van der Waals surface area (Å²) in [6, 6.07) is 10.5. The first-order chi connectivity index (χ1) is 11.9. The number of rotatable bonds is 7. The molecule has 0 aliphatic rings. The fourth-order valence-corrected chi connectivity index (χ4v) is 2.42. The third-order valence-corrected chi connectivity index (χ3v) is 3.85. The summed E-state index contributed by atoms with van der Waals surface area (Å²) in [6.45, 7) is 1.90. The van der Waals surface area contributed by atoms with Crippen LogP contribution in [-0.4, -0.2) is 26.9 Å². The number of hydrogen-bond donors (Lipinski definition) is 2. The van der Waals surface area contributed by atoms with Crippen LogP contribution >= 0.6 is 0 Å². The molecule has 128 valence electrons. The van der Waals surface area contributed by atoms with Gasteiger partial charge in [0.1, 0.15) is 11.5 Å². The summed E-state index contributed by atoms with van der Waals surface area (Å²) in [5.41, 5.74) is 3.24. The number of nitrogens with zero attached hydrogens (tertiary/aromatic N) is 2. The maximum Gasteiger partial charge on any atom is 0.303 e. The van der Waals surface area contributed by atoms with Crippen molar-refractivity contribution in [2.45, 2.75) is 32.6 Å². The summed E-state index contributed by atoms with van der Waals surface area (Å²) in [5.74, 6) is -1.20. The summed E-state index contributed by atoms with van der Waals surface area (Å²) in [5, 5.41) is 27.6. The minimum Gasteiger partial charge on any atom is -0.506 e. The molecule has 0 amide bonds. The lowest BCUT2D eigenvalue weighted by Crippen LogP contribution is -2.05. The lowest BCUT2D eigenvalue weighted by molar-refractivity contribution is -0.138. The zero-order valence-corrected chi connectivity index (χ0v) is 13.8. The molecular weight excluding hydrogens is 320 g/mol. The van der Waals surface area contributed by atoms with Crippen LogP contribution in [0.15, 0.2) is 30.3 Å². The van der Waals surface area contributed by atoms with E-state index in [-0.39, 0.29) is 37.2 Å². The van der Waals surface area contributed by atoms with Gasteiger partial charge in [0, 0.05) is 24.8 Å².